The van der Waals surface area contributed by atoms with E-state index in [0.29, 0.717) is 42.8 Å². The molecule has 1 saturated carbocycles. The van der Waals surface area contributed by atoms with E-state index in [1.165, 1.54) is 17.6 Å². The molecule has 1 aliphatic carbocycles. The van der Waals surface area contributed by atoms with Crippen LogP contribution in [-0.2, 0) is 11.2 Å². The second kappa shape index (κ2) is 9.29. The van der Waals surface area contributed by atoms with Crippen LogP contribution in [0.2, 0.25) is 0 Å². The number of hydrogen-bond donors (Lipinski definition) is 2. The molecular weight excluding hydrogens is 406 g/mol. The molecule has 0 atom stereocenters. The Morgan fingerprint density at radius 2 is 1.87 bits per heavy atom. The maximum atomic E-state index is 12.6. The summed E-state index contributed by atoms with van der Waals surface area (Å²) < 4.78 is 5.16. The average molecular weight is 432 g/mol. The number of furan rings is 1. The summed E-state index contributed by atoms with van der Waals surface area (Å²) in [6.45, 7) is 1.89. The first-order valence-corrected chi connectivity index (χ1v) is 11.1. The van der Waals surface area contributed by atoms with E-state index < -0.39 is 0 Å². The zero-order valence-electron chi connectivity index (χ0n) is 16.6. The van der Waals surface area contributed by atoms with Crippen LogP contribution in [0.4, 0.5) is 9.93 Å². The first-order valence-electron chi connectivity index (χ1n) is 10.2. The van der Waals surface area contributed by atoms with Gasteiger partial charge in [0.25, 0.3) is 5.91 Å². The van der Waals surface area contributed by atoms with Crippen molar-refractivity contribution >= 4 is 34.3 Å². The Labute approximate surface area is 178 Å². The third kappa shape index (κ3) is 4.99. The van der Waals surface area contributed by atoms with E-state index in [0.717, 1.165) is 25.7 Å². The van der Waals surface area contributed by atoms with Gasteiger partial charge >= 0.3 is 6.03 Å². The fourth-order valence-corrected chi connectivity index (χ4v) is 4.52. The average Bonchev–Trinajstić information content (AvgIpc) is 3.51. The minimum Gasteiger partial charge on any atom is -0.459 e. The Morgan fingerprint density at radius 1 is 1.13 bits per heavy atom. The fraction of sp³-hybridized carbons (Fsp3) is 0.500. The van der Waals surface area contributed by atoms with Crippen molar-refractivity contribution in [2.45, 2.75) is 38.1 Å². The Kier molecular flexibility index (Phi) is 6.32. The number of thiazole rings is 1. The molecule has 4 amide bonds. The molecule has 1 saturated heterocycles. The van der Waals surface area contributed by atoms with Crippen molar-refractivity contribution in [2.75, 3.05) is 31.5 Å². The number of carbonyl (C=O) groups is 3. The first-order chi connectivity index (χ1) is 14.6. The van der Waals surface area contributed by atoms with Crippen LogP contribution >= 0.6 is 11.3 Å². The Morgan fingerprint density at radius 3 is 2.57 bits per heavy atom. The highest BCUT2D eigenvalue weighted by Crippen LogP contribution is 2.19. The molecule has 2 aliphatic rings. The van der Waals surface area contributed by atoms with Gasteiger partial charge in [-0.05, 0) is 25.0 Å². The zero-order valence-corrected chi connectivity index (χ0v) is 17.5. The highest BCUT2D eigenvalue weighted by Gasteiger charge is 2.26. The third-order valence-electron chi connectivity index (χ3n) is 5.45. The third-order valence-corrected chi connectivity index (χ3v) is 6.25. The van der Waals surface area contributed by atoms with Crippen molar-refractivity contribution in [3.05, 3.63) is 35.2 Å². The minimum absolute atomic E-state index is 0.0349. The summed E-state index contributed by atoms with van der Waals surface area (Å²) in [5.41, 5.74) is 0.634. The molecule has 0 bridgehead atoms. The summed E-state index contributed by atoms with van der Waals surface area (Å²) in [5, 5.41) is 7.99. The Bertz CT molecular complexity index is 883. The lowest BCUT2D eigenvalue weighted by Gasteiger charge is -2.34. The predicted octanol–water partition coefficient (Wildman–Crippen LogP) is 2.33. The number of rotatable bonds is 5. The quantitative estimate of drug-likeness (QED) is 0.755. The van der Waals surface area contributed by atoms with Gasteiger partial charge < -0.3 is 19.5 Å². The van der Waals surface area contributed by atoms with E-state index in [4.69, 9.17) is 4.42 Å². The molecule has 0 spiro atoms. The van der Waals surface area contributed by atoms with Crippen molar-refractivity contribution in [2.24, 2.45) is 0 Å². The number of amides is 4. The van der Waals surface area contributed by atoms with Crippen LogP contribution in [0, 0.1) is 0 Å². The van der Waals surface area contributed by atoms with Crippen LogP contribution in [0.3, 0.4) is 0 Å². The van der Waals surface area contributed by atoms with Crippen LogP contribution < -0.4 is 10.6 Å². The Balaban J connectivity index is 1.23. The largest absolute Gasteiger partial charge is 0.459 e. The number of piperazine rings is 1. The SMILES string of the molecule is O=C(Nc1nc(CC(=O)N2CCN(C(=O)c3ccco3)CC2)cs1)NC1CCCC1. The minimum atomic E-state index is -0.244. The van der Waals surface area contributed by atoms with Gasteiger partial charge in [-0.15, -0.1) is 11.3 Å². The van der Waals surface area contributed by atoms with Gasteiger partial charge in [0.1, 0.15) is 0 Å². The van der Waals surface area contributed by atoms with E-state index in [2.05, 4.69) is 15.6 Å². The van der Waals surface area contributed by atoms with Crippen molar-refractivity contribution in [1.29, 1.82) is 0 Å². The molecule has 4 rings (SSSR count). The number of hydrogen-bond acceptors (Lipinski definition) is 6. The lowest BCUT2D eigenvalue weighted by Crippen LogP contribution is -2.50. The van der Waals surface area contributed by atoms with E-state index in [1.807, 2.05) is 0 Å². The van der Waals surface area contributed by atoms with Crippen LogP contribution in [0.1, 0.15) is 41.9 Å². The molecule has 2 aromatic heterocycles. The standard InChI is InChI=1S/C20H25N5O4S/c26-17(24-7-9-25(10-8-24)18(27)16-6-3-11-29-16)12-15-13-30-20(22-15)23-19(28)21-14-4-1-2-5-14/h3,6,11,13-14H,1-2,4-5,7-10,12H2,(H2,21,22,23,28). The molecule has 3 heterocycles. The van der Waals surface area contributed by atoms with Crippen LogP contribution in [0.25, 0.3) is 0 Å². The molecule has 2 aromatic rings. The van der Waals surface area contributed by atoms with Gasteiger partial charge in [0.2, 0.25) is 5.91 Å². The Hall–Kier alpha value is -2.88. The van der Waals surface area contributed by atoms with Gasteiger partial charge in [0, 0.05) is 37.6 Å². The summed E-state index contributed by atoms with van der Waals surface area (Å²) in [6, 6.07) is 3.32. The smallest absolute Gasteiger partial charge is 0.321 e. The molecule has 1 aliphatic heterocycles. The summed E-state index contributed by atoms with van der Waals surface area (Å²) in [6.07, 6.45) is 5.99. The molecule has 30 heavy (non-hydrogen) atoms. The van der Waals surface area contributed by atoms with E-state index in [-0.39, 0.29) is 30.3 Å². The van der Waals surface area contributed by atoms with Crippen molar-refractivity contribution < 1.29 is 18.8 Å². The van der Waals surface area contributed by atoms with Crippen molar-refractivity contribution in [3.63, 3.8) is 0 Å². The van der Waals surface area contributed by atoms with Crippen LogP contribution in [0.5, 0.6) is 0 Å². The molecule has 9 nitrogen and oxygen atoms in total. The van der Waals surface area contributed by atoms with Gasteiger partial charge in [-0.2, -0.15) is 0 Å². The van der Waals surface area contributed by atoms with E-state index in [9.17, 15) is 14.4 Å². The molecule has 2 N–H and O–H groups in total. The highest BCUT2D eigenvalue weighted by atomic mass is 32.1. The fourth-order valence-electron chi connectivity index (χ4n) is 3.82. The molecule has 160 valence electrons. The molecule has 0 radical (unpaired) electrons. The van der Waals surface area contributed by atoms with Gasteiger partial charge in [-0.3, -0.25) is 14.9 Å². The number of aromatic nitrogens is 1. The number of anilines is 1. The second-order valence-electron chi connectivity index (χ2n) is 7.55. The van der Waals surface area contributed by atoms with Crippen LogP contribution in [-0.4, -0.2) is 64.9 Å². The number of nitrogens with one attached hydrogen (secondary N) is 2. The number of nitrogens with zero attached hydrogens (tertiary/aromatic N) is 3. The van der Waals surface area contributed by atoms with Gasteiger partial charge in [-0.1, -0.05) is 12.8 Å². The number of carbonyl (C=O) groups excluding carboxylic acids is 3. The second-order valence-corrected chi connectivity index (χ2v) is 8.41. The van der Waals surface area contributed by atoms with Crippen LogP contribution in [0.15, 0.2) is 28.2 Å². The summed E-state index contributed by atoms with van der Waals surface area (Å²) in [5.74, 6) is 0.125. The maximum absolute atomic E-state index is 12.6. The highest BCUT2D eigenvalue weighted by molar-refractivity contribution is 7.13. The normalized spacial score (nSPS) is 17.2. The lowest BCUT2D eigenvalue weighted by molar-refractivity contribution is -0.132. The van der Waals surface area contributed by atoms with Gasteiger partial charge in [-0.25, -0.2) is 9.78 Å². The summed E-state index contributed by atoms with van der Waals surface area (Å²) in [7, 11) is 0. The maximum Gasteiger partial charge on any atom is 0.321 e. The molecule has 0 unspecified atom stereocenters. The predicted molar refractivity (Wildman–Crippen MR) is 111 cm³/mol. The molecule has 10 heteroatoms. The monoisotopic (exact) mass is 431 g/mol. The topological polar surface area (TPSA) is 108 Å². The van der Waals surface area contributed by atoms with E-state index >= 15 is 0 Å². The number of urea groups is 1. The van der Waals surface area contributed by atoms with Gasteiger partial charge in [0.05, 0.1) is 18.4 Å². The van der Waals surface area contributed by atoms with Crippen molar-refractivity contribution in [3.8, 4) is 0 Å². The summed E-state index contributed by atoms with van der Waals surface area (Å²) >= 11 is 1.31. The zero-order chi connectivity index (χ0) is 20.9. The lowest BCUT2D eigenvalue weighted by atomic mass is 10.2. The summed E-state index contributed by atoms with van der Waals surface area (Å²) in [4.78, 5) is 44.8. The van der Waals surface area contributed by atoms with E-state index in [1.54, 1.807) is 27.3 Å². The first kappa shape index (κ1) is 20.4. The molecule has 0 aromatic carbocycles. The van der Waals surface area contributed by atoms with Crippen molar-refractivity contribution in [1.82, 2.24) is 20.1 Å². The molecular formula is C20H25N5O4S. The molecule has 2 fully saturated rings. The van der Waals surface area contributed by atoms with Gasteiger partial charge in [0.15, 0.2) is 10.9 Å².